The monoisotopic (exact) mass is 329 g/mol. The number of carbonyl (C=O) groups is 1. The Bertz CT molecular complexity index is 621. The van der Waals surface area contributed by atoms with Crippen LogP contribution < -0.4 is 0 Å². The van der Waals surface area contributed by atoms with Gasteiger partial charge in [-0.05, 0) is 93.0 Å². The Morgan fingerprint density at radius 3 is 2.62 bits per heavy atom. The van der Waals surface area contributed by atoms with Crippen LogP contribution in [0, 0.1) is 34.5 Å². The zero-order valence-corrected chi connectivity index (χ0v) is 15.3. The predicted octanol–water partition coefficient (Wildman–Crippen LogP) is 4.98. The number of rotatable bonds is 1. The van der Waals surface area contributed by atoms with E-state index in [2.05, 4.69) is 25.1 Å². The molecule has 0 aliphatic heterocycles. The molecule has 4 aliphatic carbocycles. The number of carbonyl (C=O) groups excluding carboxylic acids is 1. The fraction of sp³-hybridized carbons (Fsp3) is 0.810. The van der Waals surface area contributed by atoms with Crippen LogP contribution in [0.2, 0.25) is 0 Å². The fourth-order valence-corrected chi connectivity index (χ4v) is 7.32. The topological polar surface area (TPSA) is 49.7 Å². The van der Waals surface area contributed by atoms with Crippen LogP contribution in [0.4, 0.5) is 0 Å². The summed E-state index contributed by atoms with van der Waals surface area (Å²) in [7, 11) is 0. The van der Waals surface area contributed by atoms with Crippen LogP contribution in [0.5, 0.6) is 0 Å². The van der Waals surface area contributed by atoms with Crippen molar-refractivity contribution in [3.05, 3.63) is 11.6 Å². The first kappa shape index (κ1) is 16.4. The molecule has 0 radical (unpaired) electrons. The molecule has 132 valence electrons. The summed E-state index contributed by atoms with van der Waals surface area (Å²) in [6, 6.07) is 0. The Labute approximate surface area is 145 Å². The molecule has 6 atom stereocenters. The van der Waals surface area contributed by atoms with Crippen molar-refractivity contribution < 1.29 is 10.0 Å². The van der Waals surface area contributed by atoms with Crippen LogP contribution in [0.3, 0.4) is 0 Å². The minimum absolute atomic E-state index is 0.247. The van der Waals surface area contributed by atoms with E-state index in [9.17, 15) is 4.79 Å². The first-order valence-electron chi connectivity index (χ1n) is 9.82. The minimum atomic E-state index is 0.247. The zero-order valence-electron chi connectivity index (χ0n) is 15.3. The van der Waals surface area contributed by atoms with Crippen LogP contribution in [0.25, 0.3) is 0 Å². The van der Waals surface area contributed by atoms with E-state index >= 15 is 0 Å². The molecule has 4 aliphatic rings. The third-order valence-corrected chi connectivity index (χ3v) is 8.60. The second-order valence-corrected chi connectivity index (χ2v) is 9.38. The van der Waals surface area contributed by atoms with Crippen molar-refractivity contribution >= 4 is 11.5 Å². The molecule has 3 heteroatoms. The average Bonchev–Trinajstić information content (AvgIpc) is 2.91. The van der Waals surface area contributed by atoms with Gasteiger partial charge in [-0.1, -0.05) is 24.6 Å². The fourth-order valence-electron chi connectivity index (χ4n) is 7.32. The van der Waals surface area contributed by atoms with Crippen LogP contribution in [-0.4, -0.2) is 16.7 Å². The lowest BCUT2D eigenvalue weighted by atomic mass is 9.46. The summed E-state index contributed by atoms with van der Waals surface area (Å²) < 4.78 is 0. The van der Waals surface area contributed by atoms with Gasteiger partial charge in [0.2, 0.25) is 0 Å². The van der Waals surface area contributed by atoms with Crippen LogP contribution >= 0.6 is 0 Å². The highest BCUT2D eigenvalue weighted by atomic mass is 16.4. The second-order valence-electron chi connectivity index (χ2n) is 9.38. The Morgan fingerprint density at radius 2 is 1.92 bits per heavy atom. The molecule has 4 rings (SSSR count). The summed E-state index contributed by atoms with van der Waals surface area (Å²) in [6.07, 6.45) is 11.5. The number of hydrogen-bond donors (Lipinski definition) is 1. The van der Waals surface area contributed by atoms with E-state index in [0.717, 1.165) is 49.1 Å². The lowest BCUT2D eigenvalue weighted by Crippen LogP contribution is -2.51. The third kappa shape index (κ3) is 2.09. The highest BCUT2D eigenvalue weighted by Gasteiger charge is 2.59. The summed E-state index contributed by atoms with van der Waals surface area (Å²) >= 11 is 0. The Hall–Kier alpha value is -1.12. The maximum absolute atomic E-state index is 12.2. The quantitative estimate of drug-likeness (QED) is 0.544. The Morgan fingerprint density at radius 1 is 1.12 bits per heavy atom. The molecule has 0 spiro atoms. The number of nitrogens with zero attached hydrogens (tertiary/aromatic N) is 1. The predicted molar refractivity (Wildman–Crippen MR) is 95.1 cm³/mol. The highest BCUT2D eigenvalue weighted by Crippen LogP contribution is 2.66. The summed E-state index contributed by atoms with van der Waals surface area (Å²) in [6.45, 7) is 6.69. The number of hydrogen-bond acceptors (Lipinski definition) is 3. The number of Topliss-reactive ketones (excluding diaryl/α,β-unsaturated/α-hetero) is 1. The Kier molecular flexibility index (Phi) is 3.71. The molecule has 0 saturated heterocycles. The van der Waals surface area contributed by atoms with Crippen molar-refractivity contribution in [1.82, 2.24) is 0 Å². The highest BCUT2D eigenvalue weighted by molar-refractivity contribution is 5.96. The molecule has 3 saturated carbocycles. The molecule has 0 aromatic heterocycles. The van der Waals surface area contributed by atoms with Crippen LogP contribution in [0.15, 0.2) is 16.8 Å². The number of oxime groups is 1. The first-order valence-corrected chi connectivity index (χ1v) is 9.82. The maximum Gasteiger partial charge on any atom is 0.133 e. The largest absolute Gasteiger partial charge is 0.411 e. The molecule has 3 fully saturated rings. The van der Waals surface area contributed by atoms with Crippen molar-refractivity contribution in [2.24, 2.45) is 39.7 Å². The molecule has 24 heavy (non-hydrogen) atoms. The van der Waals surface area contributed by atoms with Gasteiger partial charge in [-0.2, -0.15) is 0 Å². The van der Waals surface area contributed by atoms with Gasteiger partial charge in [0.15, 0.2) is 0 Å². The smallest absolute Gasteiger partial charge is 0.133 e. The van der Waals surface area contributed by atoms with Gasteiger partial charge < -0.3 is 5.21 Å². The SMILES string of the molecule is CC(=O)[C@H]1CC[C@H]2[C@@H]3CCC4=C/C(=N/O)CC[C@]4(C)[C@H]3CC[C@]12C. The van der Waals surface area contributed by atoms with Crippen molar-refractivity contribution in [1.29, 1.82) is 0 Å². The summed E-state index contributed by atoms with van der Waals surface area (Å²) in [5, 5.41) is 12.6. The average molecular weight is 329 g/mol. The summed E-state index contributed by atoms with van der Waals surface area (Å²) in [5.74, 6) is 2.98. The van der Waals surface area contributed by atoms with Crippen molar-refractivity contribution in [2.45, 2.75) is 72.1 Å². The molecule has 0 aromatic carbocycles. The van der Waals surface area contributed by atoms with E-state index in [1.807, 2.05) is 6.92 Å². The standard InChI is InChI=1S/C21H31NO2/c1-13(23)17-6-7-18-16-5-4-14-12-15(22-24)8-10-20(14,2)19(16)9-11-21(17,18)3/h12,16-19,24H,4-11H2,1-3H3/b22-15+/t16-,17+,18-,19-,20-,21+/m0/s1. The van der Waals surface area contributed by atoms with Gasteiger partial charge in [-0.3, -0.25) is 4.79 Å². The lowest BCUT2D eigenvalue weighted by molar-refractivity contribution is -0.127. The van der Waals surface area contributed by atoms with E-state index in [-0.39, 0.29) is 10.8 Å². The molecule has 1 N–H and O–H groups in total. The van der Waals surface area contributed by atoms with Crippen molar-refractivity contribution in [3.8, 4) is 0 Å². The van der Waals surface area contributed by atoms with Gasteiger partial charge >= 0.3 is 0 Å². The van der Waals surface area contributed by atoms with E-state index < -0.39 is 0 Å². The van der Waals surface area contributed by atoms with Crippen molar-refractivity contribution in [2.75, 3.05) is 0 Å². The first-order chi connectivity index (χ1) is 11.4. The lowest BCUT2D eigenvalue weighted by Gasteiger charge is -2.58. The van der Waals surface area contributed by atoms with E-state index in [1.165, 1.54) is 31.3 Å². The Balaban J connectivity index is 1.66. The second kappa shape index (κ2) is 5.44. The zero-order chi connectivity index (χ0) is 17.1. The van der Waals surface area contributed by atoms with Crippen LogP contribution in [-0.2, 0) is 4.79 Å². The number of allylic oxidation sites excluding steroid dienone is 2. The number of fused-ring (bicyclic) bond motifs is 5. The molecule has 0 heterocycles. The molecule has 0 unspecified atom stereocenters. The summed E-state index contributed by atoms with van der Waals surface area (Å²) in [4.78, 5) is 12.2. The van der Waals surface area contributed by atoms with Gasteiger partial charge in [0.25, 0.3) is 0 Å². The molecular weight excluding hydrogens is 298 g/mol. The van der Waals surface area contributed by atoms with Gasteiger partial charge in [-0.15, -0.1) is 0 Å². The maximum atomic E-state index is 12.2. The van der Waals surface area contributed by atoms with E-state index in [0.29, 0.717) is 11.7 Å². The van der Waals surface area contributed by atoms with Gasteiger partial charge in [0, 0.05) is 5.92 Å². The van der Waals surface area contributed by atoms with Gasteiger partial charge in [0.05, 0.1) is 5.71 Å². The normalized spacial score (nSPS) is 49.1. The molecule has 0 bridgehead atoms. The van der Waals surface area contributed by atoms with E-state index in [4.69, 9.17) is 5.21 Å². The minimum Gasteiger partial charge on any atom is -0.411 e. The van der Waals surface area contributed by atoms with E-state index in [1.54, 1.807) is 0 Å². The van der Waals surface area contributed by atoms with Gasteiger partial charge in [0.1, 0.15) is 5.78 Å². The third-order valence-electron chi connectivity index (χ3n) is 8.60. The van der Waals surface area contributed by atoms with Crippen LogP contribution in [0.1, 0.15) is 72.1 Å². The molecule has 3 nitrogen and oxygen atoms in total. The molecular formula is C21H31NO2. The number of ketones is 1. The summed E-state index contributed by atoms with van der Waals surface area (Å²) in [5.41, 5.74) is 2.91. The molecule has 0 aromatic rings. The van der Waals surface area contributed by atoms with Gasteiger partial charge in [-0.25, -0.2) is 0 Å². The van der Waals surface area contributed by atoms with Crippen molar-refractivity contribution in [3.63, 3.8) is 0 Å². The molecule has 0 amide bonds.